The van der Waals surface area contributed by atoms with E-state index >= 15 is 0 Å². The highest BCUT2D eigenvalue weighted by Crippen LogP contribution is 2.26. The molecule has 2 aromatic carbocycles. The molecule has 1 nitrogen and oxygen atoms in total. The minimum atomic E-state index is 0.968. The van der Waals surface area contributed by atoms with Crippen LogP contribution in [-0.2, 0) is 6.42 Å². The Kier molecular flexibility index (Phi) is 2.91. The zero-order valence-corrected chi connectivity index (χ0v) is 9.38. The van der Waals surface area contributed by atoms with Crippen molar-refractivity contribution < 1.29 is 0 Å². The van der Waals surface area contributed by atoms with Crippen molar-refractivity contribution in [2.75, 3.05) is 11.9 Å². The summed E-state index contributed by atoms with van der Waals surface area (Å²) in [4.78, 5) is 0. The van der Waals surface area contributed by atoms with E-state index in [4.69, 9.17) is 0 Å². The lowest BCUT2D eigenvalue weighted by molar-refractivity contribution is 1.16. The van der Waals surface area contributed by atoms with Crippen LogP contribution >= 0.6 is 0 Å². The molecule has 1 N–H and O–H groups in total. The molecular formula is C14H17N. The van der Waals surface area contributed by atoms with Crippen LogP contribution in [0.5, 0.6) is 0 Å². The van der Waals surface area contributed by atoms with Crippen LogP contribution < -0.4 is 5.32 Å². The number of anilines is 1. The Balaban J connectivity index is 2.66. The number of nitrogens with one attached hydrogen (secondary N) is 1. The van der Waals surface area contributed by atoms with Gasteiger partial charge in [0.1, 0.15) is 0 Å². The summed E-state index contributed by atoms with van der Waals surface area (Å²) in [6, 6.07) is 13.0. The lowest BCUT2D eigenvalue weighted by atomic mass is 10.0. The Labute approximate surface area is 91.1 Å². The van der Waals surface area contributed by atoms with Gasteiger partial charge in [0.2, 0.25) is 0 Å². The van der Waals surface area contributed by atoms with E-state index in [1.165, 1.54) is 22.0 Å². The molecule has 0 amide bonds. The number of aryl methyl sites for hydroxylation is 1. The minimum Gasteiger partial charge on any atom is -0.385 e. The van der Waals surface area contributed by atoms with Crippen molar-refractivity contribution in [3.05, 3.63) is 42.0 Å². The van der Waals surface area contributed by atoms with E-state index in [-0.39, 0.29) is 0 Å². The second kappa shape index (κ2) is 4.35. The molecule has 2 rings (SSSR count). The molecule has 0 saturated heterocycles. The van der Waals surface area contributed by atoms with E-state index < -0.39 is 0 Å². The number of hydrogen-bond acceptors (Lipinski definition) is 1. The fourth-order valence-electron chi connectivity index (χ4n) is 2.01. The fourth-order valence-corrected chi connectivity index (χ4v) is 2.01. The summed E-state index contributed by atoms with van der Waals surface area (Å²) in [5.41, 5.74) is 2.66. The summed E-state index contributed by atoms with van der Waals surface area (Å²) in [7, 11) is 0. The van der Waals surface area contributed by atoms with E-state index in [0.717, 1.165) is 13.0 Å². The van der Waals surface area contributed by atoms with Gasteiger partial charge in [-0.1, -0.05) is 37.3 Å². The molecule has 0 unspecified atom stereocenters. The fraction of sp³-hybridized carbons (Fsp3) is 0.286. The highest BCUT2D eigenvalue weighted by atomic mass is 14.9. The van der Waals surface area contributed by atoms with Crippen molar-refractivity contribution in [3.63, 3.8) is 0 Å². The Morgan fingerprint density at radius 1 is 0.933 bits per heavy atom. The standard InChI is InChI=1S/C14H17N/c1-3-11-9-10-14(15-4-2)13-8-6-5-7-12(11)13/h5-10,15H,3-4H2,1-2H3. The first kappa shape index (κ1) is 10.0. The topological polar surface area (TPSA) is 12.0 Å². The van der Waals surface area contributed by atoms with Gasteiger partial charge in [-0.3, -0.25) is 0 Å². The van der Waals surface area contributed by atoms with Crippen LogP contribution in [0.2, 0.25) is 0 Å². The lowest BCUT2D eigenvalue weighted by Crippen LogP contribution is -1.98. The number of rotatable bonds is 3. The number of hydrogen-bond donors (Lipinski definition) is 1. The molecule has 1 heteroatoms. The van der Waals surface area contributed by atoms with Gasteiger partial charge in [0.25, 0.3) is 0 Å². The van der Waals surface area contributed by atoms with Crippen LogP contribution in [-0.4, -0.2) is 6.54 Å². The smallest absolute Gasteiger partial charge is 0.0419 e. The van der Waals surface area contributed by atoms with E-state index in [1.54, 1.807) is 0 Å². The largest absolute Gasteiger partial charge is 0.385 e. The van der Waals surface area contributed by atoms with Gasteiger partial charge in [0.05, 0.1) is 0 Å². The second-order valence-electron chi connectivity index (χ2n) is 3.70. The zero-order valence-electron chi connectivity index (χ0n) is 9.38. The maximum absolute atomic E-state index is 3.40. The zero-order chi connectivity index (χ0) is 10.7. The molecule has 0 spiro atoms. The molecule has 0 aliphatic heterocycles. The highest BCUT2D eigenvalue weighted by Gasteiger charge is 2.02. The summed E-state index contributed by atoms with van der Waals surface area (Å²) in [5.74, 6) is 0. The van der Waals surface area contributed by atoms with Crippen molar-refractivity contribution in [2.45, 2.75) is 20.3 Å². The average Bonchev–Trinajstić information content (AvgIpc) is 2.30. The van der Waals surface area contributed by atoms with Gasteiger partial charge in [-0.15, -0.1) is 0 Å². The number of fused-ring (bicyclic) bond motifs is 1. The third-order valence-corrected chi connectivity index (χ3v) is 2.76. The Bertz CT molecular complexity index is 460. The summed E-state index contributed by atoms with van der Waals surface area (Å²) in [6.07, 6.45) is 1.09. The molecule has 0 aromatic heterocycles. The van der Waals surface area contributed by atoms with E-state index in [2.05, 4.69) is 55.6 Å². The van der Waals surface area contributed by atoms with Gasteiger partial charge >= 0.3 is 0 Å². The van der Waals surface area contributed by atoms with Gasteiger partial charge in [-0.2, -0.15) is 0 Å². The third-order valence-electron chi connectivity index (χ3n) is 2.76. The van der Waals surface area contributed by atoms with Crippen LogP contribution in [0.3, 0.4) is 0 Å². The molecule has 0 heterocycles. The molecule has 78 valence electrons. The van der Waals surface area contributed by atoms with E-state index in [1.807, 2.05) is 0 Å². The molecule has 0 fully saturated rings. The molecule has 2 aromatic rings. The predicted octanol–water partition coefficient (Wildman–Crippen LogP) is 3.83. The van der Waals surface area contributed by atoms with Crippen molar-refractivity contribution >= 4 is 16.5 Å². The van der Waals surface area contributed by atoms with Crippen LogP contribution in [0.4, 0.5) is 5.69 Å². The molecule has 0 aliphatic rings. The first-order valence-electron chi connectivity index (χ1n) is 5.61. The van der Waals surface area contributed by atoms with Crippen LogP contribution in [0.1, 0.15) is 19.4 Å². The van der Waals surface area contributed by atoms with Gasteiger partial charge < -0.3 is 5.32 Å². The molecule has 0 atom stereocenters. The van der Waals surface area contributed by atoms with Crippen molar-refractivity contribution in [1.29, 1.82) is 0 Å². The van der Waals surface area contributed by atoms with Crippen LogP contribution in [0, 0.1) is 0 Å². The minimum absolute atomic E-state index is 0.968. The molecule has 0 aliphatic carbocycles. The van der Waals surface area contributed by atoms with Crippen LogP contribution in [0.25, 0.3) is 10.8 Å². The summed E-state index contributed by atoms with van der Waals surface area (Å²) < 4.78 is 0. The third kappa shape index (κ3) is 1.82. The maximum Gasteiger partial charge on any atom is 0.0419 e. The Morgan fingerprint density at radius 3 is 2.33 bits per heavy atom. The normalized spacial score (nSPS) is 10.5. The first-order valence-corrected chi connectivity index (χ1v) is 5.61. The van der Waals surface area contributed by atoms with Crippen molar-refractivity contribution in [3.8, 4) is 0 Å². The average molecular weight is 199 g/mol. The highest BCUT2D eigenvalue weighted by molar-refractivity contribution is 5.96. The predicted molar refractivity (Wildman–Crippen MR) is 67.5 cm³/mol. The molecule has 15 heavy (non-hydrogen) atoms. The van der Waals surface area contributed by atoms with E-state index in [9.17, 15) is 0 Å². The molecule has 0 saturated carbocycles. The van der Waals surface area contributed by atoms with Gasteiger partial charge in [0.15, 0.2) is 0 Å². The van der Waals surface area contributed by atoms with E-state index in [0.29, 0.717) is 0 Å². The monoisotopic (exact) mass is 199 g/mol. The summed E-state index contributed by atoms with van der Waals surface area (Å²) >= 11 is 0. The quantitative estimate of drug-likeness (QED) is 0.792. The van der Waals surface area contributed by atoms with Crippen molar-refractivity contribution in [1.82, 2.24) is 0 Å². The SMILES string of the molecule is CCNc1ccc(CC)c2ccccc12. The molecule has 0 bridgehead atoms. The van der Waals surface area contributed by atoms with Gasteiger partial charge in [0, 0.05) is 17.6 Å². The molecule has 0 radical (unpaired) electrons. The second-order valence-corrected chi connectivity index (χ2v) is 3.70. The lowest BCUT2D eigenvalue weighted by Gasteiger charge is -2.10. The van der Waals surface area contributed by atoms with Crippen molar-refractivity contribution in [2.24, 2.45) is 0 Å². The molecular weight excluding hydrogens is 182 g/mol. The Morgan fingerprint density at radius 2 is 1.67 bits per heavy atom. The van der Waals surface area contributed by atoms with Gasteiger partial charge in [-0.05, 0) is 30.4 Å². The van der Waals surface area contributed by atoms with Crippen LogP contribution in [0.15, 0.2) is 36.4 Å². The Hall–Kier alpha value is -1.50. The summed E-state index contributed by atoms with van der Waals surface area (Å²) in [6.45, 7) is 5.30. The first-order chi connectivity index (χ1) is 7.36. The van der Waals surface area contributed by atoms with Gasteiger partial charge in [-0.25, -0.2) is 0 Å². The number of benzene rings is 2. The maximum atomic E-state index is 3.40. The summed E-state index contributed by atoms with van der Waals surface area (Å²) in [5, 5.41) is 6.11.